The molecule has 18 heavy (non-hydrogen) atoms. The van der Waals surface area contributed by atoms with Gasteiger partial charge in [-0.15, -0.1) is 12.4 Å². The van der Waals surface area contributed by atoms with Crippen molar-refractivity contribution in [2.75, 3.05) is 13.2 Å². The Kier molecular flexibility index (Phi) is 4.46. The normalized spacial score (nSPS) is 10.1. The molecule has 0 aliphatic rings. The van der Waals surface area contributed by atoms with E-state index in [1.165, 1.54) is 6.07 Å². The molecule has 98 valence electrons. The Balaban J connectivity index is 0.00000162. The number of rotatable bonds is 4. The highest BCUT2D eigenvalue weighted by Crippen LogP contribution is 2.29. The molecule has 1 amide bonds. The fourth-order valence-electron chi connectivity index (χ4n) is 1.48. The molecule has 1 heterocycles. The monoisotopic (exact) mass is 275 g/mol. The fourth-order valence-corrected chi connectivity index (χ4v) is 1.48. The number of fused-ring (bicyclic) bond motifs is 1. The molecule has 1 aromatic heterocycles. The number of ether oxygens (including phenoxy) is 1. The van der Waals surface area contributed by atoms with Gasteiger partial charge >= 0.3 is 0 Å². The van der Waals surface area contributed by atoms with E-state index in [9.17, 15) is 9.18 Å². The molecule has 8 heteroatoms. The molecule has 0 atom stereocenters. The quantitative estimate of drug-likeness (QED) is 0.860. The predicted molar refractivity (Wildman–Crippen MR) is 64.3 cm³/mol. The average molecular weight is 276 g/mol. The Labute approximate surface area is 107 Å². The number of aromatic nitrogens is 1. The van der Waals surface area contributed by atoms with Crippen LogP contribution in [0.5, 0.6) is 5.88 Å². The van der Waals surface area contributed by atoms with Crippen molar-refractivity contribution < 1.29 is 18.4 Å². The van der Waals surface area contributed by atoms with Crippen molar-refractivity contribution in [2.24, 2.45) is 11.5 Å². The lowest BCUT2D eigenvalue weighted by Crippen LogP contribution is -2.15. The molecular formula is C10H11ClFN3O3. The molecule has 0 unspecified atom stereocenters. The number of benzene rings is 1. The highest BCUT2D eigenvalue weighted by molar-refractivity contribution is 6.07. The summed E-state index contributed by atoms with van der Waals surface area (Å²) < 4.78 is 23.6. The summed E-state index contributed by atoms with van der Waals surface area (Å²) in [5.41, 5.74) is 10.3. The molecule has 2 rings (SSSR count). The van der Waals surface area contributed by atoms with Gasteiger partial charge in [-0.05, 0) is 17.3 Å². The van der Waals surface area contributed by atoms with E-state index in [0.717, 1.165) is 6.07 Å². The van der Waals surface area contributed by atoms with E-state index in [1.807, 2.05) is 0 Å². The van der Waals surface area contributed by atoms with Gasteiger partial charge < -0.3 is 20.7 Å². The van der Waals surface area contributed by atoms with Crippen molar-refractivity contribution in [1.29, 1.82) is 0 Å². The topological polar surface area (TPSA) is 104 Å². The zero-order valence-corrected chi connectivity index (χ0v) is 10.00. The molecule has 6 nitrogen and oxygen atoms in total. The highest BCUT2D eigenvalue weighted by atomic mass is 35.5. The van der Waals surface area contributed by atoms with Gasteiger partial charge in [-0.25, -0.2) is 4.39 Å². The van der Waals surface area contributed by atoms with Crippen LogP contribution in [0.25, 0.3) is 11.0 Å². The second-order valence-corrected chi connectivity index (χ2v) is 3.28. The smallest absolute Gasteiger partial charge is 0.263 e. The first-order valence-electron chi connectivity index (χ1n) is 4.85. The molecule has 0 saturated carbocycles. The van der Waals surface area contributed by atoms with Crippen LogP contribution in [0.2, 0.25) is 0 Å². The van der Waals surface area contributed by atoms with Gasteiger partial charge in [-0.2, -0.15) is 0 Å². The van der Waals surface area contributed by atoms with Gasteiger partial charge in [0.15, 0.2) is 5.58 Å². The first-order valence-corrected chi connectivity index (χ1v) is 4.85. The predicted octanol–water partition coefficient (Wildman–Crippen LogP) is 0.825. The second kappa shape index (κ2) is 5.65. The molecule has 0 aliphatic carbocycles. The second-order valence-electron chi connectivity index (χ2n) is 3.28. The van der Waals surface area contributed by atoms with Crippen molar-refractivity contribution in [3.05, 3.63) is 23.5 Å². The number of nitrogens with zero attached hydrogens (tertiary/aromatic N) is 1. The Morgan fingerprint density at radius 3 is 2.83 bits per heavy atom. The molecule has 0 spiro atoms. The summed E-state index contributed by atoms with van der Waals surface area (Å²) in [6.07, 6.45) is 0. The van der Waals surface area contributed by atoms with E-state index in [0.29, 0.717) is 0 Å². The van der Waals surface area contributed by atoms with Crippen LogP contribution in [0.3, 0.4) is 0 Å². The summed E-state index contributed by atoms with van der Waals surface area (Å²) in [6.45, 7) is 0.436. The first-order chi connectivity index (χ1) is 8.15. The summed E-state index contributed by atoms with van der Waals surface area (Å²) in [7, 11) is 0. The minimum absolute atomic E-state index is 0. The van der Waals surface area contributed by atoms with Gasteiger partial charge in [-0.3, -0.25) is 4.79 Å². The summed E-state index contributed by atoms with van der Waals surface area (Å²) in [6, 6.07) is 2.43. The van der Waals surface area contributed by atoms with Gasteiger partial charge in [0.05, 0.1) is 5.56 Å². The van der Waals surface area contributed by atoms with Crippen LogP contribution < -0.4 is 16.2 Å². The summed E-state index contributed by atoms with van der Waals surface area (Å²) >= 11 is 0. The third-order valence-electron chi connectivity index (χ3n) is 2.16. The molecule has 0 saturated heterocycles. The fraction of sp³-hybridized carbons (Fsp3) is 0.200. The maximum absolute atomic E-state index is 13.5. The number of primary amides is 1. The summed E-state index contributed by atoms with van der Waals surface area (Å²) in [5, 5.41) is 3.72. The maximum atomic E-state index is 13.5. The molecule has 0 aliphatic heterocycles. The molecule has 0 radical (unpaired) electrons. The minimum atomic E-state index is -0.908. The molecule has 0 fully saturated rings. The van der Waals surface area contributed by atoms with Crippen molar-refractivity contribution in [3.63, 3.8) is 0 Å². The van der Waals surface area contributed by atoms with Crippen LogP contribution in [-0.4, -0.2) is 24.2 Å². The number of hydrogen-bond acceptors (Lipinski definition) is 5. The summed E-state index contributed by atoms with van der Waals surface area (Å²) in [4.78, 5) is 11.2. The van der Waals surface area contributed by atoms with Crippen LogP contribution in [0.4, 0.5) is 4.39 Å². The third kappa shape index (κ3) is 2.36. The Morgan fingerprint density at radius 1 is 1.50 bits per heavy atom. The first kappa shape index (κ1) is 14.2. The third-order valence-corrected chi connectivity index (χ3v) is 2.16. The molecule has 2 aromatic rings. The number of carbonyl (C=O) groups excluding carboxylic acids is 1. The molecular weight excluding hydrogens is 265 g/mol. The number of amides is 1. The standard InChI is InChI=1S/C10H10FN3O3.ClH/c11-5-1-2-6-8(7(5)9(13)15)10(14-17-6)16-4-3-12;/h1-2H,3-4,12H2,(H2,13,15);1H. The zero-order valence-electron chi connectivity index (χ0n) is 9.18. The van der Waals surface area contributed by atoms with Gasteiger partial charge in [0.25, 0.3) is 11.8 Å². The van der Waals surface area contributed by atoms with Crippen LogP contribution in [0.15, 0.2) is 16.7 Å². The Hall–Kier alpha value is -1.86. The lowest BCUT2D eigenvalue weighted by molar-refractivity contribution is 0.0998. The zero-order chi connectivity index (χ0) is 12.4. The highest BCUT2D eigenvalue weighted by Gasteiger charge is 2.21. The Bertz CT molecular complexity index is 573. The Morgan fingerprint density at radius 2 is 2.22 bits per heavy atom. The van der Waals surface area contributed by atoms with E-state index < -0.39 is 11.7 Å². The van der Waals surface area contributed by atoms with Crippen LogP contribution >= 0.6 is 12.4 Å². The van der Waals surface area contributed by atoms with E-state index >= 15 is 0 Å². The lowest BCUT2D eigenvalue weighted by Gasteiger charge is -2.02. The van der Waals surface area contributed by atoms with Gasteiger partial charge in [0.1, 0.15) is 17.8 Å². The van der Waals surface area contributed by atoms with Gasteiger partial charge in [-0.1, -0.05) is 0 Å². The molecule has 1 aromatic carbocycles. The van der Waals surface area contributed by atoms with E-state index in [4.69, 9.17) is 20.7 Å². The van der Waals surface area contributed by atoms with Crippen molar-refractivity contribution >= 4 is 29.3 Å². The SMILES string of the molecule is Cl.NCCOc1noc2ccc(F)c(C(N)=O)c12. The largest absolute Gasteiger partial charge is 0.474 e. The van der Waals surface area contributed by atoms with Crippen molar-refractivity contribution in [2.45, 2.75) is 0 Å². The average Bonchev–Trinajstić information content (AvgIpc) is 2.68. The molecule has 4 N–H and O–H groups in total. The van der Waals surface area contributed by atoms with Crippen LogP contribution in [-0.2, 0) is 0 Å². The van der Waals surface area contributed by atoms with Crippen LogP contribution in [0, 0.1) is 5.82 Å². The lowest BCUT2D eigenvalue weighted by atomic mass is 10.1. The summed E-state index contributed by atoms with van der Waals surface area (Å²) in [5.74, 6) is -1.64. The van der Waals surface area contributed by atoms with Gasteiger partial charge in [0, 0.05) is 6.54 Å². The minimum Gasteiger partial charge on any atom is -0.474 e. The van der Waals surface area contributed by atoms with Crippen LogP contribution in [0.1, 0.15) is 10.4 Å². The van der Waals surface area contributed by atoms with E-state index in [2.05, 4.69) is 5.16 Å². The number of carbonyl (C=O) groups is 1. The number of halogens is 2. The van der Waals surface area contributed by atoms with Crippen molar-refractivity contribution in [3.8, 4) is 5.88 Å². The van der Waals surface area contributed by atoms with Gasteiger partial charge in [0.2, 0.25) is 0 Å². The maximum Gasteiger partial charge on any atom is 0.263 e. The number of nitrogens with two attached hydrogens (primary N) is 2. The van der Waals surface area contributed by atoms with E-state index in [-0.39, 0.29) is 48.0 Å². The van der Waals surface area contributed by atoms with E-state index in [1.54, 1.807) is 0 Å². The number of hydrogen-bond donors (Lipinski definition) is 2. The van der Waals surface area contributed by atoms with Crippen molar-refractivity contribution in [1.82, 2.24) is 5.16 Å². The molecule has 0 bridgehead atoms.